The van der Waals surface area contributed by atoms with E-state index in [4.69, 9.17) is 4.74 Å². The van der Waals surface area contributed by atoms with Gasteiger partial charge in [0, 0.05) is 30.6 Å². The number of alkyl halides is 1. The van der Waals surface area contributed by atoms with E-state index in [-0.39, 0.29) is 31.0 Å². The monoisotopic (exact) mass is 426 g/mol. The molecule has 0 spiro atoms. The van der Waals surface area contributed by atoms with E-state index < -0.39 is 18.0 Å². The van der Waals surface area contributed by atoms with E-state index in [0.29, 0.717) is 34.9 Å². The Labute approximate surface area is 176 Å². The fourth-order valence-corrected chi connectivity index (χ4v) is 4.89. The van der Waals surface area contributed by atoms with E-state index in [1.165, 1.54) is 16.8 Å². The Kier molecular flexibility index (Phi) is 4.09. The summed E-state index contributed by atoms with van der Waals surface area (Å²) >= 11 is 0. The zero-order valence-electron chi connectivity index (χ0n) is 16.5. The molecule has 5 heterocycles. The Bertz CT molecular complexity index is 1180. The van der Waals surface area contributed by atoms with Crippen molar-refractivity contribution in [3.05, 3.63) is 47.7 Å². The lowest BCUT2D eigenvalue weighted by molar-refractivity contribution is 0.0936. The van der Waals surface area contributed by atoms with Crippen molar-refractivity contribution in [3.8, 4) is 5.88 Å². The van der Waals surface area contributed by atoms with E-state index in [1.54, 1.807) is 17.2 Å². The van der Waals surface area contributed by atoms with Gasteiger partial charge >= 0.3 is 0 Å². The number of ether oxygens (including phenoxy) is 1. The molecule has 160 valence electrons. The molecule has 2 fully saturated rings. The number of hydrogen-bond donors (Lipinski definition) is 1. The number of fused-ring (bicyclic) bond motifs is 7. The average Bonchev–Trinajstić information content (AvgIpc) is 3.46. The van der Waals surface area contributed by atoms with Crippen molar-refractivity contribution >= 4 is 17.4 Å². The third-order valence-electron chi connectivity index (χ3n) is 6.35. The van der Waals surface area contributed by atoms with E-state index in [9.17, 15) is 13.6 Å². The first-order valence-corrected chi connectivity index (χ1v) is 10.4. The number of amides is 1. The summed E-state index contributed by atoms with van der Waals surface area (Å²) in [5, 5.41) is 7.26. The third kappa shape index (κ3) is 3.08. The minimum atomic E-state index is -1.11. The average molecular weight is 426 g/mol. The Morgan fingerprint density at radius 3 is 3.03 bits per heavy atom. The number of nitrogens with zero attached hydrogens (tertiary/aromatic N) is 5. The normalized spacial score (nSPS) is 27.5. The summed E-state index contributed by atoms with van der Waals surface area (Å²) in [4.78, 5) is 23.5. The molecule has 1 aliphatic carbocycles. The zero-order chi connectivity index (χ0) is 21.1. The lowest BCUT2D eigenvalue weighted by Crippen LogP contribution is -2.34. The van der Waals surface area contributed by atoms with Crippen molar-refractivity contribution in [1.82, 2.24) is 24.9 Å². The van der Waals surface area contributed by atoms with Gasteiger partial charge in [-0.25, -0.2) is 23.3 Å². The van der Waals surface area contributed by atoms with E-state index in [1.807, 2.05) is 0 Å². The van der Waals surface area contributed by atoms with Gasteiger partial charge in [-0.2, -0.15) is 5.10 Å². The van der Waals surface area contributed by atoms with Gasteiger partial charge in [0.2, 0.25) is 5.88 Å². The lowest BCUT2D eigenvalue weighted by Gasteiger charge is -2.27. The molecule has 0 aromatic carbocycles. The Hall–Kier alpha value is -3.30. The highest BCUT2D eigenvalue weighted by molar-refractivity contribution is 6.00. The number of carbonyl (C=O) groups excluding carboxylic acids is 1. The number of nitrogens with one attached hydrogen (secondary N) is 1. The predicted octanol–water partition coefficient (Wildman–Crippen LogP) is 2.60. The molecule has 8 nitrogen and oxygen atoms in total. The van der Waals surface area contributed by atoms with Gasteiger partial charge in [-0.1, -0.05) is 0 Å². The van der Waals surface area contributed by atoms with Crippen molar-refractivity contribution in [1.29, 1.82) is 0 Å². The molecule has 1 N–H and O–H groups in total. The van der Waals surface area contributed by atoms with Crippen LogP contribution in [0, 0.1) is 5.82 Å². The van der Waals surface area contributed by atoms with Crippen LogP contribution >= 0.6 is 0 Å². The van der Waals surface area contributed by atoms with Crippen molar-refractivity contribution in [2.75, 3.05) is 11.4 Å². The van der Waals surface area contributed by atoms with Crippen molar-refractivity contribution in [2.45, 2.75) is 50.0 Å². The number of carbonyl (C=O) groups is 1. The molecule has 31 heavy (non-hydrogen) atoms. The molecule has 1 saturated carbocycles. The minimum absolute atomic E-state index is 0.0549. The summed E-state index contributed by atoms with van der Waals surface area (Å²) < 4.78 is 36.4. The quantitative estimate of drug-likeness (QED) is 0.595. The SMILES string of the molecule is O=C1N[C@@H]2CC[C@@H](C2)Oc2ncc(F)cc2[C@H]2C[C@H](F)CN2c2ccn3ncc1c3n2. The number of pyridine rings is 1. The van der Waals surface area contributed by atoms with Gasteiger partial charge < -0.3 is 15.0 Å². The Morgan fingerprint density at radius 1 is 1.23 bits per heavy atom. The van der Waals surface area contributed by atoms with Gasteiger partial charge in [0.05, 0.1) is 25.0 Å². The van der Waals surface area contributed by atoms with Crippen LogP contribution in [0.15, 0.2) is 30.7 Å². The first-order chi connectivity index (χ1) is 15.0. The number of halogens is 2. The van der Waals surface area contributed by atoms with Crippen molar-refractivity contribution in [2.24, 2.45) is 0 Å². The molecule has 6 rings (SSSR count). The number of rotatable bonds is 0. The van der Waals surface area contributed by atoms with E-state index in [2.05, 4.69) is 20.4 Å². The molecule has 1 saturated heterocycles. The van der Waals surface area contributed by atoms with E-state index >= 15 is 0 Å². The first-order valence-electron chi connectivity index (χ1n) is 10.4. The van der Waals surface area contributed by atoms with Gasteiger partial charge in [0.15, 0.2) is 5.65 Å². The first kappa shape index (κ1) is 18.5. The minimum Gasteiger partial charge on any atom is -0.474 e. The summed E-state index contributed by atoms with van der Waals surface area (Å²) in [6.07, 6.45) is 5.30. The van der Waals surface area contributed by atoms with Crippen LogP contribution in [0.25, 0.3) is 5.65 Å². The second-order valence-corrected chi connectivity index (χ2v) is 8.38. The summed E-state index contributed by atoms with van der Waals surface area (Å²) in [6.45, 7) is 0.102. The molecule has 1 amide bonds. The molecule has 0 unspecified atom stereocenters. The highest BCUT2D eigenvalue weighted by Crippen LogP contribution is 2.41. The summed E-state index contributed by atoms with van der Waals surface area (Å²) in [5.41, 5.74) is 1.28. The van der Waals surface area contributed by atoms with Gasteiger partial charge in [0.25, 0.3) is 5.91 Å². The molecule has 10 heteroatoms. The van der Waals surface area contributed by atoms with Crippen LogP contribution in [0.1, 0.15) is 47.6 Å². The molecule has 4 atom stereocenters. The Balaban J connectivity index is 1.53. The number of anilines is 1. The van der Waals surface area contributed by atoms with Crippen LogP contribution in [0.5, 0.6) is 5.88 Å². The lowest BCUT2D eigenvalue weighted by atomic mass is 10.1. The van der Waals surface area contributed by atoms with Crippen LogP contribution in [-0.2, 0) is 0 Å². The van der Waals surface area contributed by atoms with Crippen LogP contribution in [0.2, 0.25) is 0 Å². The van der Waals surface area contributed by atoms with Gasteiger partial charge in [-0.3, -0.25) is 4.79 Å². The maximum atomic E-state index is 14.6. The molecule has 3 aromatic heterocycles. The molecular formula is C21H20F2N6O2. The number of aromatic nitrogens is 4. The van der Waals surface area contributed by atoms with Crippen LogP contribution < -0.4 is 15.0 Å². The summed E-state index contributed by atoms with van der Waals surface area (Å²) in [5.74, 6) is 0.0566. The van der Waals surface area contributed by atoms with Gasteiger partial charge in [-0.05, 0) is 25.0 Å². The highest BCUT2D eigenvalue weighted by atomic mass is 19.1. The fraction of sp³-hybridized carbons (Fsp3) is 0.429. The highest BCUT2D eigenvalue weighted by Gasteiger charge is 2.38. The maximum absolute atomic E-state index is 14.6. The standard InChI is InChI=1S/C21H20F2N6O2/c22-11-5-15-17-6-12(23)10-28(17)18-3-4-29-19(27-18)16(9-25-29)20(30)26-13-1-2-14(7-13)31-21(15)24-8-11/h3-5,8-9,12-14,17H,1-2,6-7,10H2,(H,26,30)/t12-,13+,14-,17+/m0/s1. The smallest absolute Gasteiger partial charge is 0.256 e. The van der Waals surface area contributed by atoms with Crippen molar-refractivity contribution < 1.29 is 18.3 Å². The largest absolute Gasteiger partial charge is 0.474 e. The molecular weight excluding hydrogens is 406 g/mol. The summed E-state index contributed by atoms with van der Waals surface area (Å²) in [6, 6.07) is 2.56. The van der Waals surface area contributed by atoms with Crippen molar-refractivity contribution in [3.63, 3.8) is 0 Å². The second-order valence-electron chi connectivity index (χ2n) is 8.38. The topological polar surface area (TPSA) is 84.7 Å². The summed E-state index contributed by atoms with van der Waals surface area (Å²) in [7, 11) is 0. The second kappa shape index (κ2) is 6.86. The van der Waals surface area contributed by atoms with Gasteiger partial charge in [0.1, 0.15) is 29.5 Å². The molecule has 0 radical (unpaired) electrons. The molecule has 4 bridgehead atoms. The molecule has 3 aliphatic rings. The fourth-order valence-electron chi connectivity index (χ4n) is 4.89. The molecule has 3 aromatic rings. The third-order valence-corrected chi connectivity index (χ3v) is 6.35. The number of hydrogen-bond acceptors (Lipinski definition) is 6. The van der Waals surface area contributed by atoms with Crippen LogP contribution in [-0.4, -0.2) is 50.4 Å². The Morgan fingerprint density at radius 2 is 2.13 bits per heavy atom. The van der Waals surface area contributed by atoms with Crippen LogP contribution in [0.3, 0.4) is 0 Å². The predicted molar refractivity (Wildman–Crippen MR) is 106 cm³/mol. The van der Waals surface area contributed by atoms with E-state index in [0.717, 1.165) is 19.0 Å². The zero-order valence-corrected chi connectivity index (χ0v) is 16.5. The van der Waals surface area contributed by atoms with Gasteiger partial charge in [-0.15, -0.1) is 0 Å². The maximum Gasteiger partial charge on any atom is 0.256 e. The van der Waals surface area contributed by atoms with Crippen LogP contribution in [0.4, 0.5) is 14.6 Å². The molecule has 2 aliphatic heterocycles.